The normalized spacial score (nSPS) is 24.0. The maximum absolute atomic E-state index is 3.64. The highest BCUT2D eigenvalue weighted by Crippen LogP contribution is 2.27. The van der Waals surface area contributed by atoms with Gasteiger partial charge in [0.05, 0.1) is 0 Å². The van der Waals surface area contributed by atoms with E-state index in [-0.39, 0.29) is 1.43 Å². The van der Waals surface area contributed by atoms with Gasteiger partial charge in [0.2, 0.25) is 0 Å². The van der Waals surface area contributed by atoms with Gasteiger partial charge in [0, 0.05) is 30.3 Å². The summed E-state index contributed by atoms with van der Waals surface area (Å²) in [6.07, 6.45) is 14.1. The summed E-state index contributed by atoms with van der Waals surface area (Å²) >= 11 is 0. The molecule has 3 heterocycles. The molecule has 3 aliphatic rings. The van der Waals surface area contributed by atoms with Gasteiger partial charge in [-0.1, -0.05) is 38.2 Å². The zero-order valence-electron chi connectivity index (χ0n) is 12.1. The molecule has 0 bridgehead atoms. The highest BCUT2D eigenvalue weighted by molar-refractivity contribution is 5.47. The third kappa shape index (κ3) is 2.18. The van der Waals surface area contributed by atoms with E-state index in [1.807, 2.05) is 13.8 Å². The summed E-state index contributed by atoms with van der Waals surface area (Å²) in [7, 11) is 0. The second-order valence-corrected chi connectivity index (χ2v) is 5.41. The smallest absolute Gasteiger partial charge is 0.0421 e. The fourth-order valence-electron chi connectivity index (χ4n) is 3.55. The third-order valence-corrected chi connectivity index (χ3v) is 4.42. The molecule has 0 aromatic carbocycles. The molecule has 0 saturated carbocycles. The second-order valence-electron chi connectivity index (χ2n) is 5.41. The molecule has 1 unspecified atom stereocenters. The SMILES string of the molecule is C1=CCC=c2[nH]c3c(c2=C1)CC1CCCN1C3.CC.[HH]. The van der Waals surface area contributed by atoms with Gasteiger partial charge in [-0.05, 0) is 37.8 Å². The molecule has 1 aliphatic carbocycles. The quantitative estimate of drug-likeness (QED) is 0.757. The summed E-state index contributed by atoms with van der Waals surface area (Å²) in [5.41, 5.74) is 3.06. The van der Waals surface area contributed by atoms with Crippen molar-refractivity contribution in [1.82, 2.24) is 9.88 Å². The first-order chi connectivity index (χ1) is 9.42. The maximum atomic E-state index is 3.64. The predicted octanol–water partition coefficient (Wildman–Crippen LogP) is 2.33. The van der Waals surface area contributed by atoms with E-state index in [1.54, 1.807) is 5.56 Å². The fourth-order valence-corrected chi connectivity index (χ4v) is 3.55. The highest BCUT2D eigenvalue weighted by atomic mass is 15.2. The minimum Gasteiger partial charge on any atom is -0.357 e. The van der Waals surface area contributed by atoms with Crippen LogP contribution in [0.2, 0.25) is 0 Å². The van der Waals surface area contributed by atoms with Gasteiger partial charge >= 0.3 is 0 Å². The van der Waals surface area contributed by atoms with Crippen molar-refractivity contribution in [2.24, 2.45) is 0 Å². The van der Waals surface area contributed by atoms with Crippen LogP contribution in [-0.2, 0) is 13.0 Å². The Morgan fingerprint density at radius 1 is 1.37 bits per heavy atom. The van der Waals surface area contributed by atoms with Crippen molar-refractivity contribution in [3.8, 4) is 0 Å². The molecule has 1 atom stereocenters. The first-order valence-corrected chi connectivity index (χ1v) is 7.72. The van der Waals surface area contributed by atoms with E-state index in [1.165, 1.54) is 42.1 Å². The number of nitrogens with zero attached hydrogens (tertiary/aromatic N) is 1. The molecule has 4 rings (SSSR count). The molecule has 2 heteroatoms. The zero-order chi connectivity index (χ0) is 13.2. The van der Waals surface area contributed by atoms with Crippen LogP contribution >= 0.6 is 0 Å². The summed E-state index contributed by atoms with van der Waals surface area (Å²) in [6.45, 7) is 6.43. The second kappa shape index (κ2) is 5.38. The van der Waals surface area contributed by atoms with Gasteiger partial charge in [0.25, 0.3) is 0 Å². The van der Waals surface area contributed by atoms with Crippen molar-refractivity contribution in [2.45, 2.75) is 52.1 Å². The van der Waals surface area contributed by atoms with Crippen LogP contribution in [0.3, 0.4) is 0 Å². The van der Waals surface area contributed by atoms with E-state index in [0.29, 0.717) is 0 Å². The number of rotatable bonds is 0. The number of hydrogen-bond donors (Lipinski definition) is 1. The lowest BCUT2D eigenvalue weighted by Gasteiger charge is -2.29. The monoisotopic (exact) mass is 258 g/mol. The Balaban J connectivity index is 0.000000471. The number of allylic oxidation sites excluding steroid dienone is 2. The lowest BCUT2D eigenvalue weighted by atomic mass is 9.98. The Labute approximate surface area is 117 Å². The van der Waals surface area contributed by atoms with E-state index in [9.17, 15) is 0 Å². The predicted molar refractivity (Wildman–Crippen MR) is 83.3 cm³/mol. The number of aromatic nitrogens is 1. The van der Waals surface area contributed by atoms with Gasteiger partial charge in [0.1, 0.15) is 0 Å². The largest absolute Gasteiger partial charge is 0.357 e. The molecule has 1 saturated heterocycles. The van der Waals surface area contributed by atoms with Crippen molar-refractivity contribution in [1.29, 1.82) is 0 Å². The number of fused-ring (bicyclic) bond motifs is 4. The van der Waals surface area contributed by atoms with Gasteiger partial charge in [-0.25, -0.2) is 0 Å². The van der Waals surface area contributed by atoms with Gasteiger partial charge in [-0.3, -0.25) is 4.90 Å². The van der Waals surface area contributed by atoms with Crippen LogP contribution in [-0.4, -0.2) is 22.5 Å². The average Bonchev–Trinajstić information content (AvgIpc) is 2.95. The molecule has 2 aliphatic heterocycles. The minimum absolute atomic E-state index is 0. The molecule has 2 nitrogen and oxygen atoms in total. The number of nitrogens with one attached hydrogen (secondary N) is 1. The lowest BCUT2D eigenvalue weighted by molar-refractivity contribution is 0.225. The van der Waals surface area contributed by atoms with Crippen molar-refractivity contribution in [2.75, 3.05) is 6.54 Å². The Hall–Kier alpha value is -1.28. The highest BCUT2D eigenvalue weighted by Gasteiger charge is 2.31. The van der Waals surface area contributed by atoms with Crippen molar-refractivity contribution in [3.63, 3.8) is 0 Å². The number of aromatic amines is 1. The number of hydrogen-bond acceptors (Lipinski definition) is 1. The Morgan fingerprint density at radius 3 is 3.16 bits per heavy atom. The third-order valence-electron chi connectivity index (χ3n) is 4.42. The van der Waals surface area contributed by atoms with Gasteiger partial charge in [-0.2, -0.15) is 0 Å². The van der Waals surface area contributed by atoms with E-state index < -0.39 is 0 Å². The van der Waals surface area contributed by atoms with E-state index in [4.69, 9.17) is 0 Å². The standard InChI is InChI=1S/C15H18N2.C2H6.H2/c1-2-6-12-13-9-11-5-4-8-17(11)10-15(13)16-14(12)7-3-1;1-2;/h1-2,6-7,11,16H,3-5,8-10H2;1-2H3;1H. The molecular formula is C17H26N2. The molecule has 19 heavy (non-hydrogen) atoms. The zero-order valence-corrected chi connectivity index (χ0v) is 12.1. The first-order valence-electron chi connectivity index (χ1n) is 7.72. The van der Waals surface area contributed by atoms with Crippen molar-refractivity contribution >= 4 is 12.2 Å². The van der Waals surface area contributed by atoms with Crippen LogP contribution in [0.4, 0.5) is 0 Å². The molecule has 1 aromatic heterocycles. The van der Waals surface area contributed by atoms with Crippen molar-refractivity contribution < 1.29 is 1.43 Å². The van der Waals surface area contributed by atoms with Crippen LogP contribution in [0.5, 0.6) is 0 Å². The molecule has 0 spiro atoms. The van der Waals surface area contributed by atoms with Crippen LogP contribution < -0.4 is 10.6 Å². The van der Waals surface area contributed by atoms with Gasteiger partial charge in [0.15, 0.2) is 0 Å². The van der Waals surface area contributed by atoms with Crippen LogP contribution in [0, 0.1) is 0 Å². The van der Waals surface area contributed by atoms with E-state index >= 15 is 0 Å². The average molecular weight is 258 g/mol. The summed E-state index contributed by atoms with van der Waals surface area (Å²) in [5.74, 6) is 0. The maximum Gasteiger partial charge on any atom is 0.0421 e. The van der Waals surface area contributed by atoms with Gasteiger partial charge < -0.3 is 4.98 Å². The fraction of sp³-hybridized carbons (Fsp3) is 0.529. The molecule has 1 fully saturated rings. The van der Waals surface area contributed by atoms with E-state index in [2.05, 4.69) is 34.2 Å². The minimum atomic E-state index is 0. The summed E-state index contributed by atoms with van der Waals surface area (Å²) in [5, 5.41) is 2.81. The molecule has 0 amide bonds. The van der Waals surface area contributed by atoms with Crippen LogP contribution in [0.25, 0.3) is 12.2 Å². The van der Waals surface area contributed by atoms with Crippen LogP contribution in [0.15, 0.2) is 12.2 Å². The Bertz CT molecular complexity index is 597. The summed E-state index contributed by atoms with van der Waals surface area (Å²) < 4.78 is 0. The Kier molecular flexibility index (Phi) is 3.61. The molecule has 104 valence electrons. The molecular weight excluding hydrogens is 232 g/mol. The molecule has 0 radical (unpaired) electrons. The van der Waals surface area contributed by atoms with Crippen molar-refractivity contribution in [3.05, 3.63) is 34.0 Å². The molecule has 1 aromatic rings. The summed E-state index contributed by atoms with van der Waals surface area (Å²) in [6, 6.07) is 0.808. The lowest BCUT2D eigenvalue weighted by Crippen LogP contribution is -2.37. The Morgan fingerprint density at radius 2 is 2.26 bits per heavy atom. The van der Waals surface area contributed by atoms with Crippen LogP contribution in [0.1, 0.15) is 45.8 Å². The topological polar surface area (TPSA) is 19.0 Å². The number of H-pyrrole nitrogens is 1. The van der Waals surface area contributed by atoms with Gasteiger partial charge in [-0.15, -0.1) is 0 Å². The van der Waals surface area contributed by atoms with E-state index in [0.717, 1.165) is 19.0 Å². The first kappa shape index (κ1) is 12.7. The molecule has 1 N–H and O–H groups in total. The summed E-state index contributed by atoms with van der Waals surface area (Å²) in [4.78, 5) is 6.29.